The molecule has 3 aromatic rings. The predicted molar refractivity (Wildman–Crippen MR) is 124 cm³/mol. The smallest absolute Gasteiger partial charge is 0.205 e. The van der Waals surface area contributed by atoms with Gasteiger partial charge in [0.15, 0.2) is 17.3 Å². The van der Waals surface area contributed by atoms with E-state index in [9.17, 15) is 9.50 Å². The van der Waals surface area contributed by atoms with Gasteiger partial charge in [-0.25, -0.2) is 14.4 Å². The van der Waals surface area contributed by atoms with Crippen LogP contribution in [0.4, 0.5) is 21.8 Å². The summed E-state index contributed by atoms with van der Waals surface area (Å²) in [6, 6.07) is 10.2. The lowest BCUT2D eigenvalue weighted by atomic mass is 9.96. The maximum Gasteiger partial charge on any atom is 0.205 e. The van der Waals surface area contributed by atoms with Gasteiger partial charge in [0.25, 0.3) is 0 Å². The first-order valence-electron chi connectivity index (χ1n) is 10.9. The van der Waals surface area contributed by atoms with Gasteiger partial charge >= 0.3 is 0 Å². The monoisotopic (exact) mass is 432 g/mol. The fraction of sp³-hybridized carbons (Fsp3) is 0.280. The van der Waals surface area contributed by atoms with E-state index in [2.05, 4.69) is 27.2 Å². The summed E-state index contributed by atoms with van der Waals surface area (Å²) in [4.78, 5) is 10.9. The molecule has 32 heavy (non-hydrogen) atoms. The Morgan fingerprint density at radius 3 is 2.91 bits per heavy atom. The number of fused-ring (bicyclic) bond motifs is 1. The van der Waals surface area contributed by atoms with Crippen molar-refractivity contribution in [3.63, 3.8) is 0 Å². The Morgan fingerprint density at radius 2 is 2.09 bits per heavy atom. The van der Waals surface area contributed by atoms with E-state index in [1.165, 1.54) is 25.0 Å². The molecule has 2 N–H and O–H groups in total. The number of pyridine rings is 1. The number of piperidine rings is 1. The molecule has 0 amide bonds. The summed E-state index contributed by atoms with van der Waals surface area (Å²) in [5.74, 6) is 1.30. The van der Waals surface area contributed by atoms with E-state index in [0.717, 1.165) is 29.7 Å². The Bertz CT molecular complexity index is 1180. The third-order valence-corrected chi connectivity index (χ3v) is 6.18. The molecule has 1 aromatic carbocycles. The highest BCUT2D eigenvalue weighted by Gasteiger charge is 2.27. The van der Waals surface area contributed by atoms with Gasteiger partial charge in [0.05, 0.1) is 5.56 Å². The van der Waals surface area contributed by atoms with Crippen molar-refractivity contribution < 1.29 is 13.9 Å². The number of nitrogens with one attached hydrogen (secondary N) is 1. The summed E-state index contributed by atoms with van der Waals surface area (Å²) in [5.41, 5.74) is 3.13. The topological polar surface area (TPSA) is 73.9 Å². The average Bonchev–Trinajstić information content (AvgIpc) is 3.33. The SMILES string of the molecule is CN1CCCCC1Cc1c(Nc2ccc(F)cc2)oc(C=C2C=Nc3ncccc32)c1O. The number of benzene rings is 1. The highest BCUT2D eigenvalue weighted by molar-refractivity contribution is 6.20. The molecule has 2 aromatic heterocycles. The minimum atomic E-state index is -0.305. The molecule has 2 aliphatic rings. The van der Waals surface area contributed by atoms with Crippen molar-refractivity contribution >= 4 is 35.3 Å². The van der Waals surface area contributed by atoms with Crippen LogP contribution in [0, 0.1) is 5.82 Å². The molecular formula is C25H25FN4O2. The Morgan fingerprint density at radius 1 is 1.25 bits per heavy atom. The van der Waals surface area contributed by atoms with Crippen molar-refractivity contribution in [3.8, 4) is 5.75 Å². The predicted octanol–water partition coefficient (Wildman–Crippen LogP) is 5.55. The van der Waals surface area contributed by atoms with Crippen LogP contribution in [0.15, 0.2) is 52.0 Å². The minimum Gasteiger partial charge on any atom is -0.504 e. The molecule has 2 aliphatic heterocycles. The molecule has 6 nitrogen and oxygen atoms in total. The van der Waals surface area contributed by atoms with E-state index < -0.39 is 0 Å². The van der Waals surface area contributed by atoms with Gasteiger partial charge in [-0.15, -0.1) is 0 Å². The minimum absolute atomic E-state index is 0.117. The number of likely N-dealkylation sites (N-methyl/N-ethyl adjacent to an activating group) is 1. The third kappa shape index (κ3) is 4.03. The van der Waals surface area contributed by atoms with Crippen molar-refractivity contribution in [2.75, 3.05) is 18.9 Å². The van der Waals surface area contributed by atoms with Crippen LogP contribution in [-0.4, -0.2) is 40.8 Å². The standard InChI is InChI=1S/C25H25FN4O2/c1-30-12-3-2-5-19(30)14-21-23(31)22(13-16-15-28-24-20(16)6-4-11-27-24)32-25(21)29-18-9-7-17(26)8-10-18/h4,6-11,13,15,19,29,31H,2-3,5,12,14H2,1H3. The summed E-state index contributed by atoms with van der Waals surface area (Å²) >= 11 is 0. The van der Waals surface area contributed by atoms with Gasteiger partial charge in [0.1, 0.15) is 5.82 Å². The van der Waals surface area contributed by atoms with Crippen LogP contribution in [0.3, 0.4) is 0 Å². The molecule has 7 heteroatoms. The van der Waals surface area contributed by atoms with Crippen LogP contribution in [0.5, 0.6) is 5.75 Å². The zero-order valence-corrected chi connectivity index (χ0v) is 17.9. The van der Waals surface area contributed by atoms with Crippen LogP contribution >= 0.6 is 0 Å². The Labute approximate surface area is 186 Å². The zero-order chi connectivity index (χ0) is 22.1. The number of furan rings is 1. The summed E-state index contributed by atoms with van der Waals surface area (Å²) in [7, 11) is 2.12. The van der Waals surface area contributed by atoms with Crippen LogP contribution < -0.4 is 5.32 Å². The lowest BCUT2D eigenvalue weighted by molar-refractivity contribution is 0.184. The van der Waals surface area contributed by atoms with Crippen molar-refractivity contribution in [2.45, 2.75) is 31.7 Å². The summed E-state index contributed by atoms with van der Waals surface area (Å²) in [6.45, 7) is 1.04. The van der Waals surface area contributed by atoms with E-state index >= 15 is 0 Å². The van der Waals surface area contributed by atoms with Gasteiger partial charge in [-0.3, -0.25) is 0 Å². The Balaban J connectivity index is 1.52. The molecule has 0 spiro atoms. The number of nitrogens with zero attached hydrogens (tertiary/aromatic N) is 3. The largest absolute Gasteiger partial charge is 0.504 e. The summed E-state index contributed by atoms with van der Waals surface area (Å²) in [6.07, 6.45) is 9.30. The van der Waals surface area contributed by atoms with Crippen molar-refractivity contribution in [2.24, 2.45) is 4.99 Å². The van der Waals surface area contributed by atoms with Gasteiger partial charge < -0.3 is 19.7 Å². The molecule has 1 saturated heterocycles. The first-order chi connectivity index (χ1) is 15.6. The van der Waals surface area contributed by atoms with Gasteiger partial charge in [-0.05, 0) is 75.3 Å². The van der Waals surface area contributed by atoms with E-state index in [0.29, 0.717) is 35.6 Å². The lowest BCUT2D eigenvalue weighted by Crippen LogP contribution is -2.37. The van der Waals surface area contributed by atoms with Crippen molar-refractivity contribution in [3.05, 3.63) is 65.3 Å². The maximum atomic E-state index is 13.4. The van der Waals surface area contributed by atoms with E-state index in [1.54, 1.807) is 30.6 Å². The normalized spacial score (nSPS) is 19.4. The molecule has 1 atom stereocenters. The van der Waals surface area contributed by atoms with Crippen molar-refractivity contribution in [1.82, 2.24) is 9.88 Å². The van der Waals surface area contributed by atoms with Crippen LogP contribution in [0.2, 0.25) is 0 Å². The molecule has 1 unspecified atom stereocenters. The zero-order valence-electron chi connectivity index (χ0n) is 17.9. The summed E-state index contributed by atoms with van der Waals surface area (Å²) < 4.78 is 19.5. The average molecular weight is 432 g/mol. The number of allylic oxidation sites excluding steroid dienone is 1. The first-order valence-corrected chi connectivity index (χ1v) is 10.9. The number of hydrogen-bond donors (Lipinski definition) is 2. The van der Waals surface area contributed by atoms with Gasteiger partial charge in [0.2, 0.25) is 5.88 Å². The summed E-state index contributed by atoms with van der Waals surface area (Å²) in [5, 5.41) is 14.4. The molecule has 1 fully saturated rings. The second kappa shape index (κ2) is 8.59. The number of aromatic nitrogens is 1. The number of aliphatic imine (C=N–C) groups is 1. The van der Waals surface area contributed by atoms with Crippen LogP contribution in [0.25, 0.3) is 11.6 Å². The molecule has 4 heterocycles. The quantitative estimate of drug-likeness (QED) is 0.553. The molecular weight excluding hydrogens is 407 g/mol. The lowest BCUT2D eigenvalue weighted by Gasteiger charge is -2.32. The Hall–Kier alpha value is -3.45. The number of aromatic hydroxyl groups is 1. The molecule has 0 aliphatic carbocycles. The molecule has 164 valence electrons. The van der Waals surface area contributed by atoms with Gasteiger partial charge in [-0.1, -0.05) is 6.42 Å². The Kier molecular flexibility index (Phi) is 5.49. The molecule has 5 rings (SSSR count). The second-order valence-corrected chi connectivity index (χ2v) is 8.32. The fourth-order valence-corrected chi connectivity index (χ4v) is 4.35. The van der Waals surface area contributed by atoms with E-state index in [1.807, 2.05) is 12.1 Å². The van der Waals surface area contributed by atoms with Gasteiger partial charge in [-0.2, -0.15) is 0 Å². The molecule has 0 radical (unpaired) electrons. The highest BCUT2D eigenvalue weighted by atomic mass is 19.1. The number of likely N-dealkylation sites (tertiary alicyclic amines) is 1. The van der Waals surface area contributed by atoms with E-state index in [-0.39, 0.29) is 11.6 Å². The second-order valence-electron chi connectivity index (χ2n) is 8.32. The van der Waals surface area contributed by atoms with E-state index in [4.69, 9.17) is 4.42 Å². The molecule has 0 saturated carbocycles. The highest BCUT2D eigenvalue weighted by Crippen LogP contribution is 2.40. The fourth-order valence-electron chi connectivity index (χ4n) is 4.35. The first kappa shape index (κ1) is 20.5. The number of rotatable bonds is 5. The van der Waals surface area contributed by atoms with Gasteiger partial charge in [0, 0.05) is 35.3 Å². The number of halogens is 1. The van der Waals surface area contributed by atoms with Crippen LogP contribution in [-0.2, 0) is 6.42 Å². The molecule has 0 bridgehead atoms. The third-order valence-electron chi connectivity index (χ3n) is 6.18. The maximum absolute atomic E-state index is 13.4. The van der Waals surface area contributed by atoms with Crippen LogP contribution in [0.1, 0.15) is 36.1 Å². The van der Waals surface area contributed by atoms with Crippen molar-refractivity contribution in [1.29, 1.82) is 0 Å². The number of hydrogen-bond acceptors (Lipinski definition) is 6. The number of anilines is 2.